The lowest BCUT2D eigenvalue weighted by molar-refractivity contribution is -0.128. The number of benzene rings is 2. The molecule has 6 heteroatoms. The fraction of sp³-hybridized carbons (Fsp3) is 0.350. The molecule has 0 spiro atoms. The van der Waals surface area contributed by atoms with Crippen LogP contribution < -0.4 is 19.5 Å². The molecule has 0 fully saturated rings. The number of ether oxygens (including phenoxy) is 3. The van der Waals surface area contributed by atoms with Crippen LogP contribution >= 0.6 is 11.6 Å². The molecule has 0 radical (unpaired) electrons. The molecule has 0 saturated heterocycles. The lowest BCUT2D eigenvalue weighted by Gasteiger charge is -2.22. The van der Waals surface area contributed by atoms with E-state index in [1.165, 1.54) is 0 Å². The normalized spacial score (nSPS) is 12.8. The van der Waals surface area contributed by atoms with E-state index in [1.54, 1.807) is 38.5 Å². The SMILES string of the molecule is CC[C@H](Oc1cccc(Cl)c1)C(=O)N[C@@H](C)c1cc(OC)ccc1OC. The van der Waals surface area contributed by atoms with Crippen molar-refractivity contribution >= 4 is 17.5 Å². The summed E-state index contributed by atoms with van der Waals surface area (Å²) in [6.07, 6.45) is -0.0899. The molecule has 2 atom stereocenters. The highest BCUT2D eigenvalue weighted by Gasteiger charge is 2.22. The van der Waals surface area contributed by atoms with Crippen molar-refractivity contribution in [1.29, 1.82) is 0 Å². The summed E-state index contributed by atoms with van der Waals surface area (Å²) in [4.78, 5) is 12.7. The van der Waals surface area contributed by atoms with Crippen LogP contribution in [0.4, 0.5) is 0 Å². The van der Waals surface area contributed by atoms with Crippen LogP contribution in [0, 0.1) is 0 Å². The Morgan fingerprint density at radius 1 is 1.12 bits per heavy atom. The monoisotopic (exact) mass is 377 g/mol. The molecule has 2 rings (SSSR count). The van der Waals surface area contributed by atoms with Crippen LogP contribution in [-0.2, 0) is 4.79 Å². The minimum Gasteiger partial charge on any atom is -0.497 e. The zero-order valence-electron chi connectivity index (χ0n) is 15.4. The van der Waals surface area contributed by atoms with E-state index in [9.17, 15) is 4.79 Å². The van der Waals surface area contributed by atoms with Gasteiger partial charge in [0.15, 0.2) is 6.10 Å². The molecule has 2 aromatic carbocycles. The van der Waals surface area contributed by atoms with Crippen molar-refractivity contribution in [3.05, 3.63) is 53.1 Å². The predicted octanol–water partition coefficient (Wildman–Crippen LogP) is 4.39. The van der Waals surface area contributed by atoms with E-state index in [4.69, 9.17) is 25.8 Å². The van der Waals surface area contributed by atoms with Gasteiger partial charge < -0.3 is 19.5 Å². The Kier molecular flexibility index (Phi) is 7.16. The van der Waals surface area contributed by atoms with Gasteiger partial charge in [0.05, 0.1) is 20.3 Å². The summed E-state index contributed by atoms with van der Waals surface area (Å²) < 4.78 is 16.4. The van der Waals surface area contributed by atoms with E-state index in [-0.39, 0.29) is 11.9 Å². The Morgan fingerprint density at radius 3 is 2.50 bits per heavy atom. The zero-order chi connectivity index (χ0) is 19.1. The molecule has 0 aromatic heterocycles. The number of nitrogens with one attached hydrogen (secondary N) is 1. The summed E-state index contributed by atoms with van der Waals surface area (Å²) in [5.74, 6) is 1.74. The lowest BCUT2D eigenvalue weighted by Crippen LogP contribution is -2.39. The second-order valence-electron chi connectivity index (χ2n) is 5.81. The van der Waals surface area contributed by atoms with Gasteiger partial charge >= 0.3 is 0 Å². The molecule has 1 amide bonds. The number of methoxy groups -OCH3 is 2. The Hall–Kier alpha value is -2.40. The van der Waals surface area contributed by atoms with E-state index in [2.05, 4.69) is 5.32 Å². The fourth-order valence-electron chi connectivity index (χ4n) is 2.59. The Morgan fingerprint density at radius 2 is 1.88 bits per heavy atom. The molecule has 0 aliphatic carbocycles. The maximum atomic E-state index is 12.7. The molecule has 0 heterocycles. The number of hydrogen-bond donors (Lipinski definition) is 1. The Labute approximate surface area is 159 Å². The Bertz CT molecular complexity index is 750. The second kappa shape index (κ2) is 9.34. The second-order valence-corrected chi connectivity index (χ2v) is 6.25. The first-order valence-corrected chi connectivity index (χ1v) is 8.80. The number of carbonyl (C=O) groups is 1. The van der Waals surface area contributed by atoms with Gasteiger partial charge in [-0.3, -0.25) is 4.79 Å². The highest BCUT2D eigenvalue weighted by molar-refractivity contribution is 6.30. The molecule has 140 valence electrons. The maximum Gasteiger partial charge on any atom is 0.261 e. The predicted molar refractivity (Wildman–Crippen MR) is 102 cm³/mol. The highest BCUT2D eigenvalue weighted by atomic mass is 35.5. The van der Waals surface area contributed by atoms with Crippen LogP contribution in [0.5, 0.6) is 17.2 Å². The zero-order valence-corrected chi connectivity index (χ0v) is 16.2. The summed E-state index contributed by atoms with van der Waals surface area (Å²) in [5, 5.41) is 3.54. The molecule has 2 aromatic rings. The van der Waals surface area contributed by atoms with Gasteiger partial charge in [0.2, 0.25) is 0 Å². The van der Waals surface area contributed by atoms with Crippen molar-refractivity contribution < 1.29 is 19.0 Å². The summed E-state index contributed by atoms with van der Waals surface area (Å²) >= 11 is 5.97. The van der Waals surface area contributed by atoms with Gasteiger partial charge in [-0.05, 0) is 49.7 Å². The third-order valence-corrected chi connectivity index (χ3v) is 4.23. The molecule has 0 aliphatic heterocycles. The van der Waals surface area contributed by atoms with Crippen molar-refractivity contribution in [3.63, 3.8) is 0 Å². The molecule has 0 saturated carbocycles. The van der Waals surface area contributed by atoms with Gasteiger partial charge in [-0.1, -0.05) is 24.6 Å². The van der Waals surface area contributed by atoms with Gasteiger partial charge in [0.25, 0.3) is 5.91 Å². The number of rotatable bonds is 8. The average Bonchev–Trinajstić information content (AvgIpc) is 2.65. The molecule has 0 unspecified atom stereocenters. The van der Waals surface area contributed by atoms with E-state index < -0.39 is 6.10 Å². The molecule has 5 nitrogen and oxygen atoms in total. The number of hydrogen-bond acceptors (Lipinski definition) is 4. The van der Waals surface area contributed by atoms with E-state index in [1.807, 2.05) is 32.0 Å². The first-order valence-electron chi connectivity index (χ1n) is 8.43. The third-order valence-electron chi connectivity index (χ3n) is 4.00. The van der Waals surface area contributed by atoms with E-state index in [0.717, 1.165) is 5.56 Å². The largest absolute Gasteiger partial charge is 0.497 e. The molecule has 0 bridgehead atoms. The number of amides is 1. The number of halogens is 1. The quantitative estimate of drug-likeness (QED) is 0.741. The van der Waals surface area contributed by atoms with Gasteiger partial charge in [-0.2, -0.15) is 0 Å². The molecule has 0 aliphatic rings. The summed E-state index contributed by atoms with van der Waals surface area (Å²) in [5.41, 5.74) is 0.831. The average molecular weight is 378 g/mol. The van der Waals surface area contributed by atoms with Crippen LogP contribution in [0.15, 0.2) is 42.5 Å². The van der Waals surface area contributed by atoms with Crippen LogP contribution in [-0.4, -0.2) is 26.2 Å². The van der Waals surface area contributed by atoms with Crippen LogP contribution in [0.25, 0.3) is 0 Å². The topological polar surface area (TPSA) is 56.8 Å². The minimum atomic E-state index is -0.618. The van der Waals surface area contributed by atoms with Crippen LogP contribution in [0.1, 0.15) is 31.9 Å². The third kappa shape index (κ3) is 5.05. The van der Waals surface area contributed by atoms with Crippen molar-refractivity contribution in [1.82, 2.24) is 5.32 Å². The molecule has 1 N–H and O–H groups in total. The van der Waals surface area contributed by atoms with Gasteiger partial charge in [-0.15, -0.1) is 0 Å². The van der Waals surface area contributed by atoms with Crippen molar-refractivity contribution in [2.75, 3.05) is 14.2 Å². The molecular weight excluding hydrogens is 354 g/mol. The maximum absolute atomic E-state index is 12.7. The number of carbonyl (C=O) groups excluding carboxylic acids is 1. The summed E-state index contributed by atoms with van der Waals surface area (Å²) in [7, 11) is 3.19. The smallest absolute Gasteiger partial charge is 0.261 e. The lowest BCUT2D eigenvalue weighted by atomic mass is 10.1. The van der Waals surface area contributed by atoms with Crippen LogP contribution in [0.3, 0.4) is 0 Å². The van der Waals surface area contributed by atoms with E-state index in [0.29, 0.717) is 28.7 Å². The fourth-order valence-corrected chi connectivity index (χ4v) is 2.77. The standard InChI is InChI=1S/C20H24ClNO4/c1-5-18(26-16-8-6-7-14(21)11-16)20(23)22-13(2)17-12-15(24-3)9-10-19(17)25-4/h6-13,18H,5H2,1-4H3,(H,22,23)/t13-,18-/m0/s1. The Balaban J connectivity index is 2.11. The van der Waals surface area contributed by atoms with Gasteiger partial charge in [0, 0.05) is 10.6 Å². The van der Waals surface area contributed by atoms with Gasteiger partial charge in [-0.25, -0.2) is 0 Å². The van der Waals surface area contributed by atoms with Crippen molar-refractivity contribution in [2.45, 2.75) is 32.4 Å². The minimum absolute atomic E-state index is 0.204. The van der Waals surface area contributed by atoms with Gasteiger partial charge in [0.1, 0.15) is 17.2 Å². The van der Waals surface area contributed by atoms with E-state index >= 15 is 0 Å². The molecule has 26 heavy (non-hydrogen) atoms. The summed E-state index contributed by atoms with van der Waals surface area (Å²) in [6, 6.07) is 12.2. The summed E-state index contributed by atoms with van der Waals surface area (Å²) in [6.45, 7) is 3.78. The van der Waals surface area contributed by atoms with Crippen LogP contribution in [0.2, 0.25) is 5.02 Å². The first-order chi connectivity index (χ1) is 12.5. The first kappa shape index (κ1) is 19.9. The highest BCUT2D eigenvalue weighted by Crippen LogP contribution is 2.29. The molecular formula is C20H24ClNO4. The van der Waals surface area contributed by atoms with Crippen molar-refractivity contribution in [2.24, 2.45) is 0 Å². The van der Waals surface area contributed by atoms with Crippen molar-refractivity contribution in [3.8, 4) is 17.2 Å².